The van der Waals surface area contributed by atoms with E-state index in [0.717, 1.165) is 6.20 Å². The number of pyridine rings is 1. The lowest BCUT2D eigenvalue weighted by Crippen LogP contribution is -1.98. The second-order valence-corrected chi connectivity index (χ2v) is 3.42. The van der Waals surface area contributed by atoms with Crippen molar-refractivity contribution in [3.8, 4) is 5.82 Å². The summed E-state index contributed by atoms with van der Waals surface area (Å²) >= 11 is 3.08. The molecular formula is C8H5BrF2N4. The first kappa shape index (κ1) is 10.2. The Morgan fingerprint density at radius 1 is 1.27 bits per heavy atom. The van der Waals surface area contributed by atoms with Crippen molar-refractivity contribution in [2.24, 2.45) is 0 Å². The van der Waals surface area contributed by atoms with Crippen LogP contribution in [0.2, 0.25) is 0 Å². The van der Waals surface area contributed by atoms with E-state index in [1.54, 1.807) is 0 Å². The molecule has 0 spiro atoms. The van der Waals surface area contributed by atoms with Gasteiger partial charge in [0.25, 0.3) is 6.43 Å². The van der Waals surface area contributed by atoms with Crippen LogP contribution in [-0.4, -0.2) is 19.7 Å². The number of alkyl halides is 2. The van der Waals surface area contributed by atoms with Crippen LogP contribution in [0.5, 0.6) is 0 Å². The molecule has 7 heteroatoms. The zero-order valence-electron chi connectivity index (χ0n) is 7.31. The summed E-state index contributed by atoms with van der Waals surface area (Å²) in [6, 6.07) is 2.77. The lowest BCUT2D eigenvalue weighted by molar-refractivity contribution is 0.151. The van der Waals surface area contributed by atoms with Gasteiger partial charge in [-0.1, -0.05) is 0 Å². The van der Waals surface area contributed by atoms with Gasteiger partial charge in [-0.2, -0.15) is 0 Å². The fourth-order valence-corrected chi connectivity index (χ4v) is 1.28. The molecule has 0 radical (unpaired) electrons. The SMILES string of the molecule is FC(F)c1ccc(-n2cnc(Br)n2)nc1. The van der Waals surface area contributed by atoms with Gasteiger partial charge in [-0.15, -0.1) is 5.10 Å². The van der Waals surface area contributed by atoms with Crippen LogP contribution >= 0.6 is 15.9 Å². The van der Waals surface area contributed by atoms with Gasteiger partial charge in [-0.3, -0.25) is 0 Å². The quantitative estimate of drug-likeness (QED) is 0.845. The number of hydrogen-bond donors (Lipinski definition) is 0. The van der Waals surface area contributed by atoms with Crippen LogP contribution in [0.4, 0.5) is 8.78 Å². The minimum absolute atomic E-state index is 0.113. The van der Waals surface area contributed by atoms with Crippen molar-refractivity contribution in [1.82, 2.24) is 19.7 Å². The summed E-state index contributed by atoms with van der Waals surface area (Å²) in [6.45, 7) is 0. The maximum absolute atomic E-state index is 12.2. The third kappa shape index (κ3) is 2.17. The molecule has 0 amide bonds. The molecule has 0 atom stereocenters. The van der Waals surface area contributed by atoms with E-state index in [2.05, 4.69) is 31.0 Å². The standard InChI is InChI=1S/C8H5BrF2N4/c9-8-13-4-15(14-8)6-2-1-5(3-12-6)7(10)11/h1-4,7H. The Morgan fingerprint density at radius 3 is 2.53 bits per heavy atom. The summed E-state index contributed by atoms with van der Waals surface area (Å²) in [5, 5.41) is 3.93. The first-order valence-corrected chi connectivity index (χ1v) is 4.78. The molecule has 2 aromatic heterocycles. The summed E-state index contributed by atoms with van der Waals surface area (Å²) in [5.41, 5.74) is -0.113. The molecule has 4 nitrogen and oxygen atoms in total. The average molecular weight is 275 g/mol. The molecule has 15 heavy (non-hydrogen) atoms. The van der Waals surface area contributed by atoms with Gasteiger partial charge in [0.2, 0.25) is 4.73 Å². The third-order valence-electron chi connectivity index (χ3n) is 1.72. The van der Waals surface area contributed by atoms with Crippen molar-refractivity contribution in [2.45, 2.75) is 6.43 Å². The highest BCUT2D eigenvalue weighted by molar-refractivity contribution is 9.10. The molecule has 0 aromatic carbocycles. The smallest absolute Gasteiger partial charge is 0.237 e. The molecular weight excluding hydrogens is 270 g/mol. The van der Waals surface area contributed by atoms with Gasteiger partial charge >= 0.3 is 0 Å². The summed E-state index contributed by atoms with van der Waals surface area (Å²) in [7, 11) is 0. The average Bonchev–Trinajstić information content (AvgIpc) is 2.65. The summed E-state index contributed by atoms with van der Waals surface area (Å²) in [6.07, 6.45) is 0.0540. The largest absolute Gasteiger partial charge is 0.265 e. The molecule has 0 saturated heterocycles. The van der Waals surface area contributed by atoms with Gasteiger partial charge < -0.3 is 0 Å². The maximum Gasteiger partial charge on any atom is 0.265 e. The van der Waals surface area contributed by atoms with Gasteiger partial charge in [-0.05, 0) is 28.1 Å². The van der Waals surface area contributed by atoms with E-state index in [4.69, 9.17) is 0 Å². The lowest BCUT2D eigenvalue weighted by Gasteiger charge is -2.01. The molecule has 0 aliphatic rings. The maximum atomic E-state index is 12.2. The van der Waals surface area contributed by atoms with Crippen molar-refractivity contribution in [3.05, 3.63) is 35.0 Å². The Hall–Kier alpha value is -1.37. The van der Waals surface area contributed by atoms with Crippen molar-refractivity contribution in [2.75, 3.05) is 0 Å². The Morgan fingerprint density at radius 2 is 2.07 bits per heavy atom. The van der Waals surface area contributed by atoms with E-state index < -0.39 is 6.43 Å². The lowest BCUT2D eigenvalue weighted by atomic mass is 10.3. The first-order chi connectivity index (χ1) is 7.16. The zero-order valence-corrected chi connectivity index (χ0v) is 8.90. The number of halogens is 3. The molecule has 0 aliphatic heterocycles. The highest BCUT2D eigenvalue weighted by atomic mass is 79.9. The van der Waals surface area contributed by atoms with Crippen molar-refractivity contribution in [3.63, 3.8) is 0 Å². The topological polar surface area (TPSA) is 43.6 Å². The molecule has 2 heterocycles. The Balaban J connectivity index is 2.31. The highest BCUT2D eigenvalue weighted by Gasteiger charge is 2.08. The van der Waals surface area contributed by atoms with Crippen LogP contribution < -0.4 is 0 Å². The van der Waals surface area contributed by atoms with E-state index in [1.807, 2.05) is 0 Å². The van der Waals surface area contributed by atoms with E-state index in [1.165, 1.54) is 23.1 Å². The van der Waals surface area contributed by atoms with Gasteiger partial charge in [0.15, 0.2) is 5.82 Å². The van der Waals surface area contributed by atoms with Gasteiger partial charge in [0.1, 0.15) is 6.33 Å². The van der Waals surface area contributed by atoms with E-state index in [9.17, 15) is 8.78 Å². The second-order valence-electron chi connectivity index (χ2n) is 2.71. The number of nitrogens with zero attached hydrogens (tertiary/aromatic N) is 4. The summed E-state index contributed by atoms with van der Waals surface area (Å²) < 4.78 is 26.3. The Labute approximate surface area is 92.1 Å². The van der Waals surface area contributed by atoms with Crippen LogP contribution in [0.15, 0.2) is 29.4 Å². The first-order valence-electron chi connectivity index (χ1n) is 3.98. The fraction of sp³-hybridized carbons (Fsp3) is 0.125. The molecule has 0 aliphatic carbocycles. The van der Waals surface area contributed by atoms with E-state index >= 15 is 0 Å². The molecule has 0 fully saturated rings. The Bertz CT molecular complexity index is 454. The van der Waals surface area contributed by atoms with Crippen molar-refractivity contribution in [1.29, 1.82) is 0 Å². The zero-order chi connectivity index (χ0) is 10.8. The normalized spacial score (nSPS) is 10.9. The Kier molecular flexibility index (Phi) is 2.72. The number of hydrogen-bond acceptors (Lipinski definition) is 3. The fourth-order valence-electron chi connectivity index (χ4n) is 1.02. The summed E-state index contributed by atoms with van der Waals surface area (Å²) in [5.74, 6) is 0.442. The monoisotopic (exact) mass is 274 g/mol. The third-order valence-corrected chi connectivity index (χ3v) is 2.08. The molecule has 78 valence electrons. The van der Waals surface area contributed by atoms with Crippen LogP contribution in [0, 0.1) is 0 Å². The molecule has 0 N–H and O–H groups in total. The van der Waals surface area contributed by atoms with Crippen molar-refractivity contribution < 1.29 is 8.78 Å². The molecule has 2 aromatic rings. The predicted molar refractivity (Wildman–Crippen MR) is 51.8 cm³/mol. The second kappa shape index (κ2) is 4.01. The highest BCUT2D eigenvalue weighted by Crippen LogP contribution is 2.18. The van der Waals surface area contributed by atoms with Crippen LogP contribution in [0.25, 0.3) is 5.82 Å². The van der Waals surface area contributed by atoms with Crippen LogP contribution in [0.3, 0.4) is 0 Å². The molecule has 0 bridgehead atoms. The molecule has 0 unspecified atom stereocenters. The number of aromatic nitrogens is 4. The molecule has 0 saturated carbocycles. The van der Waals surface area contributed by atoms with E-state index in [-0.39, 0.29) is 5.56 Å². The van der Waals surface area contributed by atoms with Gasteiger partial charge in [-0.25, -0.2) is 23.4 Å². The van der Waals surface area contributed by atoms with Crippen LogP contribution in [-0.2, 0) is 0 Å². The predicted octanol–water partition coefficient (Wildman–Crippen LogP) is 2.36. The minimum Gasteiger partial charge on any atom is -0.237 e. The molecule has 2 rings (SSSR count). The van der Waals surface area contributed by atoms with Crippen molar-refractivity contribution >= 4 is 15.9 Å². The van der Waals surface area contributed by atoms with Crippen LogP contribution in [0.1, 0.15) is 12.0 Å². The number of rotatable bonds is 2. The summed E-state index contributed by atoms with van der Waals surface area (Å²) in [4.78, 5) is 7.67. The minimum atomic E-state index is -2.51. The van der Waals surface area contributed by atoms with Gasteiger partial charge in [0, 0.05) is 11.8 Å². The van der Waals surface area contributed by atoms with E-state index in [0.29, 0.717) is 10.6 Å². The van der Waals surface area contributed by atoms with Gasteiger partial charge in [0.05, 0.1) is 0 Å².